The standard InChI is InChI=1S/C13H19N5/c1-15-7-6-12-4-2-3-9-18(12)13-16-8-5-11(10-14)17-13/h5,8,12,15H,2-4,6-7,9H2,1H3. The molecule has 1 aromatic rings. The lowest BCUT2D eigenvalue weighted by Crippen LogP contribution is -2.42. The number of aromatic nitrogens is 2. The Labute approximate surface area is 108 Å². The number of anilines is 1. The number of nitriles is 1. The summed E-state index contributed by atoms with van der Waals surface area (Å²) in [6.45, 7) is 1.99. The van der Waals surface area contributed by atoms with Crippen LogP contribution in [0.25, 0.3) is 0 Å². The smallest absolute Gasteiger partial charge is 0.226 e. The molecule has 1 aromatic heterocycles. The van der Waals surface area contributed by atoms with E-state index in [0.29, 0.717) is 17.7 Å². The summed E-state index contributed by atoms with van der Waals surface area (Å²) in [5.74, 6) is 0.704. The van der Waals surface area contributed by atoms with E-state index in [9.17, 15) is 0 Å². The van der Waals surface area contributed by atoms with Gasteiger partial charge in [-0.1, -0.05) is 0 Å². The van der Waals surface area contributed by atoms with Crippen LogP contribution in [-0.2, 0) is 0 Å². The van der Waals surface area contributed by atoms with Gasteiger partial charge < -0.3 is 10.2 Å². The Morgan fingerprint density at radius 1 is 1.56 bits per heavy atom. The third kappa shape index (κ3) is 2.96. The molecule has 96 valence electrons. The molecular weight excluding hydrogens is 226 g/mol. The molecule has 0 saturated carbocycles. The van der Waals surface area contributed by atoms with Crippen molar-refractivity contribution in [2.75, 3.05) is 25.0 Å². The van der Waals surface area contributed by atoms with Crippen molar-refractivity contribution in [3.63, 3.8) is 0 Å². The van der Waals surface area contributed by atoms with Gasteiger partial charge in [0.15, 0.2) is 0 Å². The van der Waals surface area contributed by atoms with Gasteiger partial charge in [0, 0.05) is 18.8 Å². The number of rotatable bonds is 4. The largest absolute Gasteiger partial charge is 0.338 e. The van der Waals surface area contributed by atoms with Crippen LogP contribution >= 0.6 is 0 Å². The van der Waals surface area contributed by atoms with E-state index in [2.05, 4.69) is 26.3 Å². The Bertz CT molecular complexity index is 426. The highest BCUT2D eigenvalue weighted by molar-refractivity contribution is 5.35. The highest BCUT2D eigenvalue weighted by Gasteiger charge is 2.24. The molecule has 0 bridgehead atoms. The molecule has 2 rings (SSSR count). The molecule has 5 heteroatoms. The van der Waals surface area contributed by atoms with Crippen molar-refractivity contribution in [2.24, 2.45) is 0 Å². The molecule has 1 N–H and O–H groups in total. The number of nitrogens with one attached hydrogen (secondary N) is 1. The highest BCUT2D eigenvalue weighted by Crippen LogP contribution is 2.23. The second kappa shape index (κ2) is 6.31. The van der Waals surface area contributed by atoms with Gasteiger partial charge in [-0.2, -0.15) is 5.26 Å². The maximum Gasteiger partial charge on any atom is 0.226 e. The molecule has 0 aliphatic carbocycles. The number of piperidine rings is 1. The minimum atomic E-state index is 0.443. The van der Waals surface area contributed by atoms with E-state index in [4.69, 9.17) is 5.26 Å². The fraction of sp³-hybridized carbons (Fsp3) is 0.615. The van der Waals surface area contributed by atoms with Gasteiger partial charge in [0.1, 0.15) is 11.8 Å². The van der Waals surface area contributed by atoms with E-state index in [0.717, 1.165) is 19.5 Å². The van der Waals surface area contributed by atoms with Gasteiger partial charge >= 0.3 is 0 Å². The highest BCUT2D eigenvalue weighted by atomic mass is 15.3. The van der Waals surface area contributed by atoms with Gasteiger partial charge in [0.2, 0.25) is 5.95 Å². The average Bonchev–Trinajstić information content (AvgIpc) is 2.45. The van der Waals surface area contributed by atoms with E-state index in [1.54, 1.807) is 12.3 Å². The fourth-order valence-electron chi connectivity index (χ4n) is 2.42. The van der Waals surface area contributed by atoms with Crippen molar-refractivity contribution in [2.45, 2.75) is 31.7 Å². The molecule has 1 atom stereocenters. The van der Waals surface area contributed by atoms with Gasteiger partial charge in [-0.3, -0.25) is 0 Å². The van der Waals surface area contributed by atoms with Crippen LogP contribution < -0.4 is 10.2 Å². The molecule has 0 spiro atoms. The summed E-state index contributed by atoms with van der Waals surface area (Å²) in [6, 6.07) is 4.21. The monoisotopic (exact) mass is 245 g/mol. The quantitative estimate of drug-likeness (QED) is 0.866. The molecule has 5 nitrogen and oxygen atoms in total. The fourth-order valence-corrected chi connectivity index (χ4v) is 2.42. The summed E-state index contributed by atoms with van der Waals surface area (Å²) in [4.78, 5) is 10.9. The van der Waals surface area contributed by atoms with Crippen molar-refractivity contribution >= 4 is 5.95 Å². The van der Waals surface area contributed by atoms with Gasteiger partial charge in [0.05, 0.1) is 0 Å². The van der Waals surface area contributed by atoms with Gasteiger partial charge in [-0.15, -0.1) is 0 Å². The molecule has 1 aliphatic heterocycles. The molecule has 0 radical (unpaired) electrons. The molecule has 0 aromatic carbocycles. The molecule has 1 saturated heterocycles. The van der Waals surface area contributed by atoms with Crippen LogP contribution in [0.5, 0.6) is 0 Å². The molecule has 1 aliphatic rings. The van der Waals surface area contributed by atoms with Crippen molar-refractivity contribution in [1.82, 2.24) is 15.3 Å². The van der Waals surface area contributed by atoms with Crippen molar-refractivity contribution < 1.29 is 0 Å². The lowest BCUT2D eigenvalue weighted by Gasteiger charge is -2.35. The summed E-state index contributed by atoms with van der Waals surface area (Å²) in [5, 5.41) is 12.1. The topological polar surface area (TPSA) is 64.8 Å². The van der Waals surface area contributed by atoms with E-state index in [-0.39, 0.29) is 0 Å². The predicted molar refractivity (Wildman–Crippen MR) is 70.3 cm³/mol. The molecule has 1 fully saturated rings. The number of nitrogens with zero attached hydrogens (tertiary/aromatic N) is 4. The van der Waals surface area contributed by atoms with Crippen LogP contribution in [0.3, 0.4) is 0 Å². The average molecular weight is 245 g/mol. The Hall–Kier alpha value is -1.67. The summed E-state index contributed by atoms with van der Waals surface area (Å²) in [7, 11) is 1.97. The molecule has 2 heterocycles. The zero-order valence-corrected chi connectivity index (χ0v) is 10.8. The van der Waals surface area contributed by atoms with Crippen LogP contribution in [0, 0.1) is 11.3 Å². The maximum atomic E-state index is 8.90. The zero-order valence-electron chi connectivity index (χ0n) is 10.8. The van der Waals surface area contributed by atoms with E-state index >= 15 is 0 Å². The lowest BCUT2D eigenvalue weighted by molar-refractivity contribution is 0.427. The van der Waals surface area contributed by atoms with Crippen molar-refractivity contribution in [3.8, 4) is 6.07 Å². The molecule has 1 unspecified atom stereocenters. The summed E-state index contributed by atoms with van der Waals surface area (Å²) in [6.07, 6.45) is 6.39. The molecule has 0 amide bonds. The van der Waals surface area contributed by atoms with Crippen molar-refractivity contribution in [3.05, 3.63) is 18.0 Å². The normalized spacial score (nSPS) is 19.6. The summed E-state index contributed by atoms with van der Waals surface area (Å²) in [5.41, 5.74) is 0.443. The second-order valence-electron chi connectivity index (χ2n) is 4.59. The van der Waals surface area contributed by atoms with E-state index < -0.39 is 0 Å². The first kappa shape index (κ1) is 12.8. The van der Waals surface area contributed by atoms with Crippen LogP contribution in [0.15, 0.2) is 12.3 Å². The third-order valence-corrected chi connectivity index (χ3v) is 3.37. The van der Waals surface area contributed by atoms with Gasteiger partial charge in [-0.25, -0.2) is 9.97 Å². The van der Waals surface area contributed by atoms with Crippen molar-refractivity contribution in [1.29, 1.82) is 5.26 Å². The van der Waals surface area contributed by atoms with Crippen LogP contribution in [0.4, 0.5) is 5.95 Å². The zero-order chi connectivity index (χ0) is 12.8. The summed E-state index contributed by atoms with van der Waals surface area (Å²) >= 11 is 0. The molecular formula is C13H19N5. The van der Waals surface area contributed by atoms with Crippen LogP contribution in [0.2, 0.25) is 0 Å². The minimum Gasteiger partial charge on any atom is -0.338 e. The Morgan fingerprint density at radius 2 is 2.44 bits per heavy atom. The van der Waals surface area contributed by atoms with Crippen LogP contribution in [-0.4, -0.2) is 36.1 Å². The summed E-state index contributed by atoms with van der Waals surface area (Å²) < 4.78 is 0. The van der Waals surface area contributed by atoms with E-state index in [1.807, 2.05) is 7.05 Å². The van der Waals surface area contributed by atoms with Gasteiger partial charge in [0.25, 0.3) is 0 Å². The van der Waals surface area contributed by atoms with E-state index in [1.165, 1.54) is 19.3 Å². The van der Waals surface area contributed by atoms with Crippen LogP contribution in [0.1, 0.15) is 31.4 Å². The lowest BCUT2D eigenvalue weighted by atomic mass is 10.00. The maximum absolute atomic E-state index is 8.90. The van der Waals surface area contributed by atoms with Gasteiger partial charge in [-0.05, 0) is 45.3 Å². The Kier molecular flexibility index (Phi) is 4.48. The number of hydrogen-bond acceptors (Lipinski definition) is 5. The minimum absolute atomic E-state index is 0.443. The third-order valence-electron chi connectivity index (χ3n) is 3.37. The molecule has 18 heavy (non-hydrogen) atoms. The first-order chi connectivity index (χ1) is 8.85. The first-order valence-electron chi connectivity index (χ1n) is 6.49. The predicted octanol–water partition coefficient (Wildman–Crippen LogP) is 1.32. The Morgan fingerprint density at radius 3 is 3.22 bits per heavy atom. The second-order valence-corrected chi connectivity index (χ2v) is 4.59. The first-order valence-corrected chi connectivity index (χ1v) is 6.49. The Balaban J connectivity index is 2.14. The number of hydrogen-bond donors (Lipinski definition) is 1. The SMILES string of the molecule is CNCCC1CCCCN1c1nccc(C#N)n1.